The Kier molecular flexibility index (Phi) is 6.30. The van der Waals surface area contributed by atoms with Crippen LogP contribution in [-0.4, -0.2) is 90.7 Å². The number of rotatable bonds is 6. The zero-order valence-corrected chi connectivity index (χ0v) is 22.1. The lowest BCUT2D eigenvalue weighted by atomic mass is 9.73. The molecule has 11 heteroatoms. The second kappa shape index (κ2) is 9.56. The van der Waals surface area contributed by atoms with Gasteiger partial charge in [-0.1, -0.05) is 55.5 Å². The molecule has 5 heterocycles. The molecule has 0 saturated carbocycles. The van der Waals surface area contributed by atoms with Gasteiger partial charge in [-0.15, -0.1) is 5.10 Å². The molecule has 6 rings (SSSR count). The van der Waals surface area contributed by atoms with E-state index in [4.69, 9.17) is 9.47 Å². The van der Waals surface area contributed by atoms with Crippen molar-refractivity contribution in [1.29, 1.82) is 0 Å². The van der Waals surface area contributed by atoms with Gasteiger partial charge < -0.3 is 24.4 Å². The van der Waals surface area contributed by atoms with Crippen molar-refractivity contribution in [3.8, 4) is 0 Å². The van der Waals surface area contributed by atoms with Gasteiger partial charge in [0, 0.05) is 6.54 Å². The third kappa shape index (κ3) is 3.66. The minimum Gasteiger partial charge on any atom is -0.465 e. The van der Waals surface area contributed by atoms with Crippen molar-refractivity contribution in [3.63, 3.8) is 0 Å². The molecule has 39 heavy (non-hydrogen) atoms. The van der Waals surface area contributed by atoms with E-state index in [1.165, 1.54) is 4.90 Å². The highest BCUT2D eigenvalue weighted by Crippen LogP contribution is 2.58. The number of aromatic nitrogens is 3. The molecule has 1 spiro atoms. The molecule has 2 fully saturated rings. The van der Waals surface area contributed by atoms with Gasteiger partial charge in [-0.3, -0.25) is 14.4 Å². The fraction of sp³-hybridized carbons (Fsp3) is 0.536. The molecule has 1 unspecified atom stereocenters. The number of hydrogen-bond donors (Lipinski definition) is 1. The molecule has 0 radical (unpaired) electrons. The summed E-state index contributed by atoms with van der Waals surface area (Å²) in [6, 6.07) is 5.80. The van der Waals surface area contributed by atoms with Crippen molar-refractivity contribution in [2.75, 3.05) is 19.8 Å². The Bertz CT molecular complexity index is 1370. The lowest BCUT2D eigenvalue weighted by Gasteiger charge is -2.40. The van der Waals surface area contributed by atoms with E-state index in [9.17, 15) is 19.5 Å². The zero-order chi connectivity index (χ0) is 27.4. The van der Waals surface area contributed by atoms with Gasteiger partial charge in [-0.25, -0.2) is 4.68 Å². The van der Waals surface area contributed by atoms with Crippen LogP contribution in [0.2, 0.25) is 0 Å². The van der Waals surface area contributed by atoms with Crippen LogP contribution in [0, 0.1) is 11.8 Å². The average molecular weight is 536 g/mol. The number of cyclic esters (lactones) is 1. The van der Waals surface area contributed by atoms with Gasteiger partial charge in [0.2, 0.25) is 5.91 Å². The number of carbonyl (C=O) groups is 3. The number of ether oxygens (including phenoxy) is 2. The van der Waals surface area contributed by atoms with Gasteiger partial charge in [0.05, 0.1) is 30.7 Å². The smallest absolute Gasteiger partial charge is 0.313 e. The molecule has 1 N–H and O–H groups in total. The molecule has 0 aliphatic carbocycles. The SMILES string of the molecule is CC[C@@H](CO)N1C(=O)[C@@H]2[C@H]3C(=O)OCCC=C[C@@]3(CC)O[C@@]23C=CCN(Cn2nnc4ccccc42)C(=O)C13. The first-order chi connectivity index (χ1) is 18.9. The molecule has 1 aromatic heterocycles. The zero-order valence-electron chi connectivity index (χ0n) is 22.1. The van der Waals surface area contributed by atoms with E-state index in [-0.39, 0.29) is 38.2 Å². The van der Waals surface area contributed by atoms with Gasteiger partial charge in [-0.05, 0) is 31.4 Å². The molecule has 11 nitrogen and oxygen atoms in total. The average Bonchev–Trinajstić information content (AvgIpc) is 3.51. The molecule has 2 aromatic rings. The van der Waals surface area contributed by atoms with Crippen LogP contribution in [0.4, 0.5) is 0 Å². The number of aliphatic hydroxyl groups excluding tert-OH is 1. The van der Waals surface area contributed by atoms with Crippen LogP contribution in [0.25, 0.3) is 11.0 Å². The van der Waals surface area contributed by atoms with Crippen molar-refractivity contribution < 1.29 is 29.0 Å². The lowest BCUT2D eigenvalue weighted by Crippen LogP contribution is -2.59. The number of para-hydroxylation sites is 1. The summed E-state index contributed by atoms with van der Waals surface area (Å²) < 4.78 is 14.1. The number of nitrogens with zero attached hydrogens (tertiary/aromatic N) is 5. The maximum absolute atomic E-state index is 14.5. The van der Waals surface area contributed by atoms with Crippen molar-refractivity contribution in [1.82, 2.24) is 24.8 Å². The first-order valence-corrected chi connectivity index (χ1v) is 13.6. The highest BCUT2D eigenvalue weighted by atomic mass is 16.6. The van der Waals surface area contributed by atoms with Crippen molar-refractivity contribution in [2.45, 2.75) is 63.1 Å². The normalized spacial score (nSPS) is 32.9. The Hall–Kier alpha value is -3.57. The summed E-state index contributed by atoms with van der Waals surface area (Å²) in [4.78, 5) is 45.3. The quantitative estimate of drug-likeness (QED) is 0.435. The van der Waals surface area contributed by atoms with E-state index in [0.717, 1.165) is 5.52 Å². The largest absolute Gasteiger partial charge is 0.465 e. The lowest BCUT2D eigenvalue weighted by molar-refractivity contribution is -0.164. The number of hydrogen-bond acceptors (Lipinski definition) is 8. The summed E-state index contributed by atoms with van der Waals surface area (Å²) in [6.45, 7) is 4.03. The fourth-order valence-corrected chi connectivity index (χ4v) is 6.83. The van der Waals surface area contributed by atoms with E-state index < -0.39 is 41.1 Å². The minimum absolute atomic E-state index is 0.114. The first-order valence-electron chi connectivity index (χ1n) is 13.6. The summed E-state index contributed by atoms with van der Waals surface area (Å²) in [7, 11) is 0. The predicted molar refractivity (Wildman–Crippen MR) is 139 cm³/mol. The molecule has 1 aromatic carbocycles. The Morgan fingerprint density at radius 3 is 2.69 bits per heavy atom. The second-order valence-corrected chi connectivity index (χ2v) is 10.7. The molecule has 6 atom stereocenters. The van der Waals surface area contributed by atoms with Crippen LogP contribution >= 0.6 is 0 Å². The van der Waals surface area contributed by atoms with Gasteiger partial charge in [-0.2, -0.15) is 0 Å². The van der Waals surface area contributed by atoms with Gasteiger partial charge >= 0.3 is 5.97 Å². The Labute approximate surface area is 226 Å². The summed E-state index contributed by atoms with van der Waals surface area (Å²) in [5, 5.41) is 18.7. The van der Waals surface area contributed by atoms with Crippen LogP contribution in [0.3, 0.4) is 0 Å². The second-order valence-electron chi connectivity index (χ2n) is 10.7. The van der Waals surface area contributed by atoms with E-state index in [0.29, 0.717) is 24.8 Å². The first kappa shape index (κ1) is 25.7. The van der Waals surface area contributed by atoms with Crippen molar-refractivity contribution >= 4 is 28.8 Å². The standard InChI is InChI=1S/C28H33N5O6/c1-3-18(16-34)33-23-25(36)31(17-32-20-11-6-5-10-19(20)29-30-32)14-9-13-28(23)21(24(33)35)22-26(37)38-15-8-7-12-27(22,4-2)39-28/h5-7,9-13,18,21-23,34H,3-4,8,14-17H2,1-2H3/t18-,21-,22-,23?,27+,28-/m0/s1. The van der Waals surface area contributed by atoms with E-state index in [2.05, 4.69) is 10.3 Å². The summed E-state index contributed by atoms with van der Waals surface area (Å²) in [5.74, 6) is -3.09. The number of amides is 2. The molecule has 206 valence electrons. The number of esters is 1. The van der Waals surface area contributed by atoms with Crippen LogP contribution in [0.15, 0.2) is 48.6 Å². The molecule has 4 aliphatic heterocycles. The summed E-state index contributed by atoms with van der Waals surface area (Å²) in [5.41, 5.74) is -1.00. The Balaban J connectivity index is 1.47. The van der Waals surface area contributed by atoms with Crippen LogP contribution in [-0.2, 0) is 30.5 Å². The summed E-state index contributed by atoms with van der Waals surface area (Å²) in [6.07, 6.45) is 8.83. The molecule has 2 saturated heterocycles. The number of likely N-dealkylation sites (tertiary alicyclic amines) is 1. The van der Waals surface area contributed by atoms with E-state index in [1.54, 1.807) is 15.7 Å². The highest BCUT2D eigenvalue weighted by molar-refractivity contribution is 5.99. The Morgan fingerprint density at radius 2 is 1.92 bits per heavy atom. The van der Waals surface area contributed by atoms with E-state index in [1.807, 2.05) is 56.3 Å². The fourth-order valence-electron chi connectivity index (χ4n) is 6.83. The molecule has 2 amide bonds. The molecular weight excluding hydrogens is 502 g/mol. The van der Waals surface area contributed by atoms with Crippen LogP contribution in [0.5, 0.6) is 0 Å². The van der Waals surface area contributed by atoms with Crippen LogP contribution in [0.1, 0.15) is 33.1 Å². The number of carbonyl (C=O) groups excluding carboxylic acids is 3. The van der Waals surface area contributed by atoms with Gasteiger partial charge in [0.1, 0.15) is 35.3 Å². The highest BCUT2D eigenvalue weighted by Gasteiger charge is 2.75. The third-order valence-corrected chi connectivity index (χ3v) is 8.72. The van der Waals surface area contributed by atoms with Crippen molar-refractivity contribution in [2.24, 2.45) is 11.8 Å². The number of aliphatic hydroxyl groups is 1. The third-order valence-electron chi connectivity index (χ3n) is 8.72. The number of fused-ring (bicyclic) bond motifs is 3. The number of benzene rings is 1. The van der Waals surface area contributed by atoms with Crippen LogP contribution < -0.4 is 0 Å². The molecule has 4 aliphatic rings. The molecule has 0 bridgehead atoms. The van der Waals surface area contributed by atoms with Gasteiger partial charge in [0.15, 0.2) is 0 Å². The minimum atomic E-state index is -1.40. The topological polar surface area (TPSA) is 127 Å². The van der Waals surface area contributed by atoms with Gasteiger partial charge in [0.25, 0.3) is 5.91 Å². The monoisotopic (exact) mass is 535 g/mol. The Morgan fingerprint density at radius 1 is 1.10 bits per heavy atom. The predicted octanol–water partition coefficient (Wildman–Crippen LogP) is 1.42. The summed E-state index contributed by atoms with van der Waals surface area (Å²) >= 11 is 0. The van der Waals surface area contributed by atoms with Crippen molar-refractivity contribution in [3.05, 3.63) is 48.6 Å². The van der Waals surface area contributed by atoms with E-state index >= 15 is 0 Å². The maximum Gasteiger partial charge on any atom is 0.313 e. The molecular formula is C28H33N5O6. The maximum atomic E-state index is 14.5.